The van der Waals surface area contributed by atoms with Gasteiger partial charge in [0.05, 0.1) is 9.28 Å². The Morgan fingerprint density at radius 1 is 1.19 bits per heavy atom. The summed E-state index contributed by atoms with van der Waals surface area (Å²) >= 11 is 1.99. The molecule has 3 N–H and O–H groups in total. The van der Waals surface area contributed by atoms with E-state index in [1.54, 1.807) is 43.3 Å². The molecule has 2 rings (SSSR count). The molecule has 0 radical (unpaired) electrons. The number of phenols is 1. The zero-order chi connectivity index (χ0) is 15.4. The molecule has 0 atom stereocenters. The third-order valence-electron chi connectivity index (χ3n) is 2.90. The van der Waals surface area contributed by atoms with Crippen molar-refractivity contribution in [2.45, 2.75) is 6.92 Å². The Labute approximate surface area is 135 Å². The van der Waals surface area contributed by atoms with Gasteiger partial charge in [0.2, 0.25) is 0 Å². The summed E-state index contributed by atoms with van der Waals surface area (Å²) in [5, 5.41) is 24.3. The van der Waals surface area contributed by atoms with Crippen molar-refractivity contribution in [1.82, 2.24) is 0 Å². The minimum Gasteiger partial charge on any atom is -0.507 e. The largest absolute Gasteiger partial charge is 0.507 e. The molecule has 1 amide bonds. The molecule has 0 spiro atoms. The van der Waals surface area contributed by atoms with Gasteiger partial charge in [0.15, 0.2) is 0 Å². The first-order valence-electron chi connectivity index (χ1n) is 6.10. The summed E-state index contributed by atoms with van der Waals surface area (Å²) in [5.74, 6) is -0.252. The van der Waals surface area contributed by atoms with Crippen LogP contribution in [0, 0.1) is 3.57 Å². The second-order valence-electron chi connectivity index (χ2n) is 4.39. The smallest absolute Gasteiger partial charge is 0.255 e. The number of hydrogen-bond acceptors (Lipinski definition) is 4. The van der Waals surface area contributed by atoms with Gasteiger partial charge in [-0.25, -0.2) is 0 Å². The van der Waals surface area contributed by atoms with E-state index in [2.05, 4.69) is 10.5 Å². The molecule has 0 bridgehead atoms. The van der Waals surface area contributed by atoms with E-state index in [9.17, 15) is 9.90 Å². The highest BCUT2D eigenvalue weighted by molar-refractivity contribution is 14.1. The van der Waals surface area contributed by atoms with Crippen molar-refractivity contribution >= 4 is 39.9 Å². The van der Waals surface area contributed by atoms with Gasteiger partial charge < -0.3 is 15.6 Å². The van der Waals surface area contributed by atoms with E-state index in [0.717, 1.165) is 0 Å². The molecule has 2 aromatic carbocycles. The zero-order valence-corrected chi connectivity index (χ0v) is 13.3. The number of phenolic OH excluding ortho intramolecular Hbond substituents is 1. The highest BCUT2D eigenvalue weighted by Gasteiger charge is 2.09. The molecule has 0 fully saturated rings. The molecular formula is C15H13IN2O3. The van der Waals surface area contributed by atoms with Gasteiger partial charge in [0.25, 0.3) is 5.91 Å². The highest BCUT2D eigenvalue weighted by Crippen LogP contribution is 2.21. The van der Waals surface area contributed by atoms with Crippen LogP contribution in [-0.2, 0) is 0 Å². The molecule has 0 heterocycles. The van der Waals surface area contributed by atoms with E-state index in [1.165, 1.54) is 6.07 Å². The van der Waals surface area contributed by atoms with E-state index in [1.807, 2.05) is 22.6 Å². The Balaban J connectivity index is 2.21. The van der Waals surface area contributed by atoms with Gasteiger partial charge in [-0.05, 0) is 59.8 Å². The van der Waals surface area contributed by atoms with Crippen LogP contribution in [0.15, 0.2) is 47.6 Å². The molecule has 6 heteroatoms. The molecule has 0 saturated heterocycles. The van der Waals surface area contributed by atoms with Gasteiger partial charge in [-0.2, -0.15) is 0 Å². The molecule has 21 heavy (non-hydrogen) atoms. The number of oxime groups is 1. The number of anilines is 1. The van der Waals surface area contributed by atoms with Crippen LogP contribution in [0.2, 0.25) is 0 Å². The molecule has 0 aliphatic carbocycles. The normalized spacial score (nSPS) is 11.2. The first-order valence-corrected chi connectivity index (χ1v) is 7.18. The van der Waals surface area contributed by atoms with Gasteiger partial charge in [-0.3, -0.25) is 4.79 Å². The predicted molar refractivity (Wildman–Crippen MR) is 89.2 cm³/mol. The lowest BCUT2D eigenvalue weighted by Crippen LogP contribution is -2.12. The first kappa shape index (κ1) is 15.3. The van der Waals surface area contributed by atoms with Crippen LogP contribution in [0.4, 0.5) is 5.69 Å². The maximum absolute atomic E-state index is 12.1. The fourth-order valence-corrected chi connectivity index (χ4v) is 2.07. The first-order chi connectivity index (χ1) is 10.0. The molecule has 0 aliphatic heterocycles. The summed E-state index contributed by atoms with van der Waals surface area (Å²) in [6, 6.07) is 11.7. The van der Waals surface area contributed by atoms with Crippen LogP contribution in [-0.4, -0.2) is 21.9 Å². The summed E-state index contributed by atoms with van der Waals surface area (Å²) in [5.41, 5.74) is 2.11. The SMILES string of the molecule is C/C(=N/O)c1cccc(NC(=O)c2ccc(I)c(O)c2)c1. The number of carbonyl (C=O) groups is 1. The Morgan fingerprint density at radius 2 is 1.95 bits per heavy atom. The Kier molecular flexibility index (Phi) is 4.79. The second kappa shape index (κ2) is 6.57. The Hall–Kier alpha value is -2.09. The predicted octanol–water partition coefficient (Wildman–Crippen LogP) is 3.45. The summed E-state index contributed by atoms with van der Waals surface area (Å²) in [6.07, 6.45) is 0. The third kappa shape index (κ3) is 3.72. The van der Waals surface area contributed by atoms with Crippen LogP contribution in [0.25, 0.3) is 0 Å². The van der Waals surface area contributed by atoms with Crippen molar-refractivity contribution in [2.24, 2.45) is 5.16 Å². The standard InChI is InChI=1S/C15H13IN2O3/c1-9(18-21)10-3-2-4-12(7-10)17-15(20)11-5-6-13(16)14(19)8-11/h2-8,19,21H,1H3,(H,17,20)/b18-9-. The Morgan fingerprint density at radius 3 is 2.62 bits per heavy atom. The number of halogens is 1. The van der Waals surface area contributed by atoms with E-state index < -0.39 is 0 Å². The molecule has 0 aliphatic rings. The molecule has 0 saturated carbocycles. The fourth-order valence-electron chi connectivity index (χ4n) is 1.74. The Bertz CT molecular complexity index is 714. The minimum absolute atomic E-state index is 0.0697. The maximum Gasteiger partial charge on any atom is 0.255 e. The summed E-state index contributed by atoms with van der Waals surface area (Å²) in [7, 11) is 0. The quantitative estimate of drug-likeness (QED) is 0.322. The molecule has 0 unspecified atom stereocenters. The fraction of sp³-hybridized carbons (Fsp3) is 0.0667. The van der Waals surface area contributed by atoms with Crippen LogP contribution in [0.3, 0.4) is 0 Å². The highest BCUT2D eigenvalue weighted by atomic mass is 127. The van der Waals surface area contributed by atoms with Crippen molar-refractivity contribution in [1.29, 1.82) is 0 Å². The van der Waals surface area contributed by atoms with Crippen molar-refractivity contribution < 1.29 is 15.1 Å². The average Bonchev–Trinajstić information content (AvgIpc) is 2.49. The molecule has 0 aromatic heterocycles. The van der Waals surface area contributed by atoms with E-state index in [-0.39, 0.29) is 11.7 Å². The van der Waals surface area contributed by atoms with Crippen LogP contribution in [0.5, 0.6) is 5.75 Å². The summed E-state index contributed by atoms with van der Waals surface area (Å²) in [4.78, 5) is 12.1. The average molecular weight is 396 g/mol. The van der Waals surface area contributed by atoms with Gasteiger partial charge >= 0.3 is 0 Å². The topological polar surface area (TPSA) is 81.9 Å². The number of carbonyl (C=O) groups excluding carboxylic acids is 1. The molecular weight excluding hydrogens is 383 g/mol. The number of nitrogens with one attached hydrogen (secondary N) is 1. The second-order valence-corrected chi connectivity index (χ2v) is 5.55. The summed E-state index contributed by atoms with van der Waals surface area (Å²) < 4.78 is 0.681. The number of amides is 1. The molecule has 108 valence electrons. The molecule has 5 nitrogen and oxygen atoms in total. The van der Waals surface area contributed by atoms with Crippen molar-refractivity contribution in [3.05, 3.63) is 57.2 Å². The van der Waals surface area contributed by atoms with E-state index in [0.29, 0.717) is 26.1 Å². The van der Waals surface area contributed by atoms with Crippen molar-refractivity contribution in [3.8, 4) is 5.75 Å². The van der Waals surface area contributed by atoms with Crippen LogP contribution >= 0.6 is 22.6 Å². The lowest BCUT2D eigenvalue weighted by atomic mass is 10.1. The van der Waals surface area contributed by atoms with Gasteiger partial charge in [-0.15, -0.1) is 0 Å². The van der Waals surface area contributed by atoms with Gasteiger partial charge in [0.1, 0.15) is 5.75 Å². The summed E-state index contributed by atoms with van der Waals surface area (Å²) in [6.45, 7) is 1.66. The van der Waals surface area contributed by atoms with Crippen LogP contribution in [0.1, 0.15) is 22.8 Å². The van der Waals surface area contributed by atoms with E-state index in [4.69, 9.17) is 5.21 Å². The van der Waals surface area contributed by atoms with Crippen LogP contribution < -0.4 is 5.32 Å². The van der Waals surface area contributed by atoms with Crippen molar-refractivity contribution in [2.75, 3.05) is 5.32 Å². The van der Waals surface area contributed by atoms with Gasteiger partial charge in [0, 0.05) is 16.8 Å². The van der Waals surface area contributed by atoms with Gasteiger partial charge in [-0.1, -0.05) is 17.3 Å². The number of aromatic hydroxyl groups is 1. The maximum atomic E-state index is 12.1. The third-order valence-corrected chi connectivity index (χ3v) is 3.81. The number of rotatable bonds is 3. The number of benzene rings is 2. The number of nitrogens with zero attached hydrogens (tertiary/aromatic N) is 1. The molecule has 2 aromatic rings. The monoisotopic (exact) mass is 396 g/mol. The lowest BCUT2D eigenvalue weighted by molar-refractivity contribution is 0.102. The van der Waals surface area contributed by atoms with Crippen molar-refractivity contribution in [3.63, 3.8) is 0 Å². The number of hydrogen-bond donors (Lipinski definition) is 3. The lowest BCUT2D eigenvalue weighted by Gasteiger charge is -2.08. The zero-order valence-electron chi connectivity index (χ0n) is 11.2. The van der Waals surface area contributed by atoms with E-state index >= 15 is 0 Å². The minimum atomic E-state index is -0.322.